The third kappa shape index (κ3) is 6.18. The van der Waals surface area contributed by atoms with Crippen molar-refractivity contribution in [1.82, 2.24) is 0 Å². The van der Waals surface area contributed by atoms with Crippen LogP contribution in [0.3, 0.4) is 0 Å². The van der Waals surface area contributed by atoms with E-state index in [4.69, 9.17) is 21.1 Å². The van der Waals surface area contributed by atoms with Crippen LogP contribution in [0.5, 0.6) is 5.75 Å². The molecule has 0 N–H and O–H groups in total. The van der Waals surface area contributed by atoms with Crippen LogP contribution in [-0.2, 0) is 28.7 Å². The average molecular weight is 569 g/mol. The summed E-state index contributed by atoms with van der Waals surface area (Å²) < 4.78 is 51.2. The van der Waals surface area contributed by atoms with Crippen LogP contribution in [-0.4, -0.2) is 25.7 Å². The van der Waals surface area contributed by atoms with Gasteiger partial charge in [0, 0.05) is 22.8 Å². The zero-order valence-corrected chi connectivity index (χ0v) is 20.9. The Morgan fingerprint density at radius 2 is 1.83 bits per heavy atom. The van der Waals surface area contributed by atoms with E-state index in [1.807, 2.05) is 30.3 Å². The molecule has 4 nitrogen and oxygen atoms in total. The van der Waals surface area contributed by atoms with Crippen LogP contribution in [0.25, 0.3) is 0 Å². The SMILES string of the molecule is O=C(C(Br)c1ccc(Cl)cc1OCCOCc1ccccc1)N1CCc2ccc(C(F)(F)F)cc21. The number of anilines is 1. The van der Waals surface area contributed by atoms with E-state index in [1.165, 1.54) is 11.0 Å². The fraction of sp³-hybridized carbons (Fsp3) is 0.269. The van der Waals surface area contributed by atoms with Crippen molar-refractivity contribution in [2.45, 2.75) is 24.0 Å². The van der Waals surface area contributed by atoms with Gasteiger partial charge in [-0.3, -0.25) is 4.79 Å². The molecule has 0 saturated carbocycles. The van der Waals surface area contributed by atoms with Gasteiger partial charge in [-0.15, -0.1) is 0 Å². The predicted molar refractivity (Wildman–Crippen MR) is 132 cm³/mol. The molecule has 0 spiro atoms. The maximum Gasteiger partial charge on any atom is 0.416 e. The largest absolute Gasteiger partial charge is 0.491 e. The number of fused-ring (bicyclic) bond motifs is 1. The number of ether oxygens (including phenoxy) is 2. The molecule has 0 fully saturated rings. The molecule has 1 aliphatic heterocycles. The molecular formula is C26H22BrClF3NO3. The van der Waals surface area contributed by atoms with Gasteiger partial charge in [0.1, 0.15) is 17.2 Å². The van der Waals surface area contributed by atoms with Crippen molar-refractivity contribution in [3.63, 3.8) is 0 Å². The van der Waals surface area contributed by atoms with Crippen LogP contribution in [0.4, 0.5) is 18.9 Å². The first kappa shape index (κ1) is 25.5. The van der Waals surface area contributed by atoms with Crippen LogP contribution in [0.1, 0.15) is 27.1 Å². The minimum atomic E-state index is -4.49. The lowest BCUT2D eigenvalue weighted by Crippen LogP contribution is -2.32. The number of amides is 1. The normalized spacial score (nSPS) is 14.0. The Balaban J connectivity index is 1.44. The molecule has 1 atom stereocenters. The molecule has 0 aliphatic carbocycles. The quantitative estimate of drug-likeness (QED) is 0.217. The van der Waals surface area contributed by atoms with E-state index in [0.717, 1.165) is 17.7 Å². The number of alkyl halides is 4. The fourth-order valence-electron chi connectivity index (χ4n) is 3.87. The molecule has 9 heteroatoms. The van der Waals surface area contributed by atoms with Crippen molar-refractivity contribution in [3.8, 4) is 5.75 Å². The molecule has 0 saturated heterocycles. The summed E-state index contributed by atoms with van der Waals surface area (Å²) in [6.45, 7) is 1.30. The van der Waals surface area contributed by atoms with Crippen LogP contribution in [0.15, 0.2) is 66.7 Å². The molecule has 3 aromatic carbocycles. The standard InChI is InChI=1S/C26H22BrClF3NO3/c27-24(25(33)32-11-10-18-6-7-19(14-22(18)32)26(29,30)31)21-9-8-20(28)15-23(21)35-13-12-34-16-17-4-2-1-3-5-17/h1-9,14-15,24H,10-13,16H2. The van der Waals surface area contributed by atoms with Gasteiger partial charge in [0.2, 0.25) is 5.91 Å². The van der Waals surface area contributed by atoms with Gasteiger partial charge in [0.15, 0.2) is 0 Å². The lowest BCUT2D eigenvalue weighted by molar-refractivity contribution is -0.137. The lowest BCUT2D eigenvalue weighted by atomic mass is 10.1. The van der Waals surface area contributed by atoms with Gasteiger partial charge in [0.05, 0.1) is 18.8 Å². The summed E-state index contributed by atoms with van der Waals surface area (Å²) in [6.07, 6.45) is -4.00. The van der Waals surface area contributed by atoms with Crippen molar-refractivity contribution in [3.05, 3.63) is 94.0 Å². The van der Waals surface area contributed by atoms with Crippen LogP contribution >= 0.6 is 27.5 Å². The molecule has 4 rings (SSSR count). The van der Waals surface area contributed by atoms with Crippen LogP contribution < -0.4 is 9.64 Å². The third-order valence-corrected chi connectivity index (χ3v) is 6.76. The van der Waals surface area contributed by atoms with Crippen LogP contribution in [0, 0.1) is 0 Å². The Labute approximate surface area is 214 Å². The van der Waals surface area contributed by atoms with Gasteiger partial charge < -0.3 is 14.4 Å². The maximum absolute atomic E-state index is 13.3. The second-order valence-electron chi connectivity index (χ2n) is 8.01. The first-order chi connectivity index (χ1) is 16.7. The summed E-state index contributed by atoms with van der Waals surface area (Å²) in [5.41, 5.74) is 1.77. The van der Waals surface area contributed by atoms with Crippen molar-refractivity contribution in [1.29, 1.82) is 0 Å². The smallest absolute Gasteiger partial charge is 0.416 e. The highest BCUT2D eigenvalue weighted by atomic mass is 79.9. The van der Waals surface area contributed by atoms with E-state index < -0.39 is 16.6 Å². The molecule has 184 valence electrons. The van der Waals surface area contributed by atoms with E-state index in [0.29, 0.717) is 48.1 Å². The monoisotopic (exact) mass is 567 g/mol. The second-order valence-corrected chi connectivity index (χ2v) is 9.36. The third-order valence-electron chi connectivity index (χ3n) is 5.64. The minimum absolute atomic E-state index is 0.232. The molecule has 3 aromatic rings. The molecule has 0 bridgehead atoms. The summed E-state index contributed by atoms with van der Waals surface area (Å²) >= 11 is 9.58. The van der Waals surface area contributed by atoms with E-state index in [1.54, 1.807) is 18.2 Å². The topological polar surface area (TPSA) is 38.8 Å². The van der Waals surface area contributed by atoms with Gasteiger partial charge in [0.25, 0.3) is 0 Å². The van der Waals surface area contributed by atoms with Crippen molar-refractivity contribution < 1.29 is 27.4 Å². The highest BCUT2D eigenvalue weighted by Crippen LogP contribution is 2.40. The Bertz CT molecular complexity index is 1190. The van der Waals surface area contributed by atoms with Gasteiger partial charge >= 0.3 is 6.18 Å². The highest BCUT2D eigenvalue weighted by Gasteiger charge is 2.35. The average Bonchev–Trinajstić information content (AvgIpc) is 3.26. The van der Waals surface area contributed by atoms with E-state index >= 15 is 0 Å². The van der Waals surface area contributed by atoms with Crippen molar-refractivity contribution >= 4 is 39.1 Å². The maximum atomic E-state index is 13.3. The van der Waals surface area contributed by atoms with E-state index in [-0.39, 0.29) is 18.2 Å². The number of rotatable bonds is 8. The van der Waals surface area contributed by atoms with E-state index in [2.05, 4.69) is 15.9 Å². The summed E-state index contributed by atoms with van der Waals surface area (Å²) in [5, 5.41) is 0.433. The number of carbonyl (C=O) groups is 1. The van der Waals surface area contributed by atoms with Crippen molar-refractivity contribution in [2.24, 2.45) is 0 Å². The lowest BCUT2D eigenvalue weighted by Gasteiger charge is -2.23. The molecule has 0 aromatic heterocycles. The van der Waals surface area contributed by atoms with Gasteiger partial charge in [-0.25, -0.2) is 0 Å². The molecule has 1 aliphatic rings. The summed E-state index contributed by atoms with van der Waals surface area (Å²) in [7, 11) is 0. The number of nitrogens with zero attached hydrogens (tertiary/aromatic N) is 1. The number of benzene rings is 3. The Kier molecular flexibility index (Phi) is 8.04. The summed E-state index contributed by atoms with van der Waals surface area (Å²) in [6, 6.07) is 18.1. The molecule has 1 heterocycles. The Morgan fingerprint density at radius 1 is 1.06 bits per heavy atom. The number of carbonyl (C=O) groups excluding carboxylic acids is 1. The Morgan fingerprint density at radius 3 is 2.57 bits per heavy atom. The first-order valence-electron chi connectivity index (χ1n) is 10.9. The van der Waals surface area contributed by atoms with Crippen molar-refractivity contribution in [2.75, 3.05) is 24.7 Å². The molecule has 35 heavy (non-hydrogen) atoms. The number of halogens is 5. The summed E-state index contributed by atoms with van der Waals surface area (Å²) in [5.74, 6) is 0.0232. The molecule has 0 radical (unpaired) electrons. The van der Waals surface area contributed by atoms with Gasteiger partial charge in [-0.05, 0) is 41.8 Å². The van der Waals surface area contributed by atoms with E-state index in [9.17, 15) is 18.0 Å². The molecule has 1 unspecified atom stereocenters. The zero-order valence-electron chi connectivity index (χ0n) is 18.5. The number of hydrogen-bond donors (Lipinski definition) is 0. The highest BCUT2D eigenvalue weighted by molar-refractivity contribution is 9.09. The predicted octanol–water partition coefficient (Wildman–Crippen LogP) is 6.98. The fourth-order valence-corrected chi connectivity index (χ4v) is 4.66. The zero-order chi connectivity index (χ0) is 25.0. The first-order valence-corrected chi connectivity index (χ1v) is 12.2. The van der Waals surface area contributed by atoms with Gasteiger partial charge in [-0.2, -0.15) is 13.2 Å². The minimum Gasteiger partial charge on any atom is -0.491 e. The molecular weight excluding hydrogens is 547 g/mol. The van der Waals surface area contributed by atoms with Gasteiger partial charge in [-0.1, -0.05) is 70.0 Å². The summed E-state index contributed by atoms with van der Waals surface area (Å²) in [4.78, 5) is 13.9. The number of hydrogen-bond acceptors (Lipinski definition) is 3. The Hall–Kier alpha value is -2.55. The van der Waals surface area contributed by atoms with Crippen LogP contribution in [0.2, 0.25) is 5.02 Å². The second kappa shape index (κ2) is 11.0. The molecule has 1 amide bonds.